The molecular weight excluding hydrogens is 387 g/mol. The molecule has 3 rings (SSSR count). The number of hydrogen-bond donors (Lipinski definition) is 1. The third kappa shape index (κ3) is 3.51. The lowest BCUT2D eigenvalue weighted by atomic mass is 10.3. The van der Waals surface area contributed by atoms with Gasteiger partial charge in [-0.05, 0) is 59.7 Å². The molecule has 20 heavy (non-hydrogen) atoms. The summed E-state index contributed by atoms with van der Waals surface area (Å²) < 4.78 is 3.20. The second kappa shape index (κ2) is 6.13. The Kier molecular flexibility index (Phi) is 4.25. The van der Waals surface area contributed by atoms with Crippen LogP contribution in [-0.4, -0.2) is 26.4 Å². The summed E-state index contributed by atoms with van der Waals surface area (Å²) >= 11 is 3.66. The predicted octanol–water partition coefficient (Wildman–Crippen LogP) is 2.95. The average molecular weight is 400 g/mol. The minimum atomic E-state index is -0.0263. The molecule has 0 aliphatic heterocycles. The summed E-state index contributed by atoms with van der Waals surface area (Å²) in [5.41, 5.74) is 0.819. The highest BCUT2D eigenvalue weighted by atomic mass is 127. The minimum absolute atomic E-state index is 0.0263. The maximum Gasteiger partial charge on any atom is 0.234 e. The zero-order chi connectivity index (χ0) is 13.9. The molecule has 0 unspecified atom stereocenters. The highest BCUT2D eigenvalue weighted by molar-refractivity contribution is 14.1. The largest absolute Gasteiger partial charge is 0.325 e. The fourth-order valence-corrected chi connectivity index (χ4v) is 2.94. The van der Waals surface area contributed by atoms with Crippen LogP contribution >= 0.6 is 34.4 Å². The van der Waals surface area contributed by atoms with Crippen LogP contribution < -0.4 is 5.32 Å². The minimum Gasteiger partial charge on any atom is -0.325 e. The van der Waals surface area contributed by atoms with Crippen molar-refractivity contribution in [2.24, 2.45) is 0 Å². The van der Waals surface area contributed by atoms with Gasteiger partial charge in [0.15, 0.2) is 5.16 Å². The van der Waals surface area contributed by atoms with Crippen molar-refractivity contribution in [1.82, 2.24) is 14.8 Å². The first-order valence-electron chi connectivity index (χ1n) is 6.30. The van der Waals surface area contributed by atoms with Gasteiger partial charge in [0.25, 0.3) is 0 Å². The number of rotatable bonds is 5. The zero-order valence-electron chi connectivity index (χ0n) is 10.6. The fraction of sp³-hybridized carbons (Fsp3) is 0.308. The van der Waals surface area contributed by atoms with Crippen LogP contribution in [0.1, 0.15) is 18.9 Å². The van der Waals surface area contributed by atoms with Crippen molar-refractivity contribution < 1.29 is 4.79 Å². The predicted molar refractivity (Wildman–Crippen MR) is 86.8 cm³/mol. The molecule has 1 aromatic heterocycles. The Labute approximate surface area is 134 Å². The van der Waals surface area contributed by atoms with Crippen molar-refractivity contribution in [2.75, 3.05) is 11.1 Å². The van der Waals surface area contributed by atoms with E-state index in [1.807, 2.05) is 24.3 Å². The summed E-state index contributed by atoms with van der Waals surface area (Å²) in [5, 5.41) is 11.7. The average Bonchev–Trinajstić information content (AvgIpc) is 3.18. The summed E-state index contributed by atoms with van der Waals surface area (Å²) in [6, 6.07) is 8.26. The zero-order valence-corrected chi connectivity index (χ0v) is 13.6. The van der Waals surface area contributed by atoms with Gasteiger partial charge in [-0.3, -0.25) is 4.79 Å². The molecule has 0 radical (unpaired) electrons. The number of carbonyl (C=O) groups excluding carboxylic acids is 1. The molecule has 0 bridgehead atoms. The summed E-state index contributed by atoms with van der Waals surface area (Å²) in [5.74, 6) is 0.318. The molecule has 0 atom stereocenters. The molecule has 2 aromatic rings. The van der Waals surface area contributed by atoms with Crippen molar-refractivity contribution in [3.8, 4) is 0 Å². The molecule has 7 heteroatoms. The molecule has 1 aromatic carbocycles. The third-order valence-electron chi connectivity index (χ3n) is 2.94. The Hall–Kier alpha value is -1.09. The van der Waals surface area contributed by atoms with Crippen molar-refractivity contribution in [3.63, 3.8) is 0 Å². The number of halogens is 1. The highest BCUT2D eigenvalue weighted by Crippen LogP contribution is 2.37. The van der Waals surface area contributed by atoms with Crippen molar-refractivity contribution >= 4 is 45.9 Å². The van der Waals surface area contributed by atoms with Gasteiger partial charge >= 0.3 is 0 Å². The third-order valence-corrected chi connectivity index (χ3v) is 4.62. The Bertz CT molecular complexity index is 609. The number of hydrogen-bond acceptors (Lipinski definition) is 4. The van der Waals surface area contributed by atoms with Crippen molar-refractivity contribution in [2.45, 2.75) is 24.0 Å². The number of aromatic nitrogens is 3. The summed E-state index contributed by atoms with van der Waals surface area (Å²) in [4.78, 5) is 11.9. The Morgan fingerprint density at radius 2 is 2.15 bits per heavy atom. The molecule has 1 aliphatic rings. The van der Waals surface area contributed by atoms with Crippen LogP contribution in [0, 0.1) is 3.57 Å². The van der Waals surface area contributed by atoms with Gasteiger partial charge in [-0.2, -0.15) is 0 Å². The van der Waals surface area contributed by atoms with E-state index < -0.39 is 0 Å². The van der Waals surface area contributed by atoms with Crippen LogP contribution in [0.4, 0.5) is 5.69 Å². The van der Waals surface area contributed by atoms with Gasteiger partial charge < -0.3 is 9.88 Å². The number of anilines is 1. The van der Waals surface area contributed by atoms with E-state index in [4.69, 9.17) is 0 Å². The van der Waals surface area contributed by atoms with E-state index in [0.29, 0.717) is 11.8 Å². The topological polar surface area (TPSA) is 59.8 Å². The summed E-state index contributed by atoms with van der Waals surface area (Å²) in [6.07, 6.45) is 4.11. The van der Waals surface area contributed by atoms with Gasteiger partial charge in [0.1, 0.15) is 6.33 Å². The lowest BCUT2D eigenvalue weighted by Crippen LogP contribution is -2.14. The van der Waals surface area contributed by atoms with Crippen LogP contribution in [0.2, 0.25) is 0 Å². The van der Waals surface area contributed by atoms with Crippen molar-refractivity contribution in [1.29, 1.82) is 0 Å². The molecule has 0 spiro atoms. The van der Waals surface area contributed by atoms with Gasteiger partial charge in [-0.1, -0.05) is 11.8 Å². The second-order valence-corrected chi connectivity index (χ2v) is 6.78. The first-order valence-corrected chi connectivity index (χ1v) is 8.36. The number of benzene rings is 1. The van der Waals surface area contributed by atoms with Crippen LogP contribution in [0.25, 0.3) is 0 Å². The summed E-state index contributed by atoms with van der Waals surface area (Å²) in [7, 11) is 0. The van der Waals surface area contributed by atoms with Gasteiger partial charge in [-0.25, -0.2) is 0 Å². The van der Waals surface area contributed by atoms with Crippen LogP contribution in [0.3, 0.4) is 0 Å². The Morgan fingerprint density at radius 1 is 1.40 bits per heavy atom. The van der Waals surface area contributed by atoms with E-state index in [1.165, 1.54) is 24.6 Å². The van der Waals surface area contributed by atoms with Gasteiger partial charge in [0.05, 0.1) is 5.75 Å². The van der Waals surface area contributed by atoms with Crippen LogP contribution in [0.5, 0.6) is 0 Å². The maximum atomic E-state index is 11.9. The normalized spacial score (nSPS) is 14.2. The molecule has 1 fully saturated rings. The van der Waals surface area contributed by atoms with Gasteiger partial charge in [0, 0.05) is 15.3 Å². The number of nitrogens with one attached hydrogen (secondary N) is 1. The van der Waals surface area contributed by atoms with Gasteiger partial charge in [-0.15, -0.1) is 10.2 Å². The summed E-state index contributed by atoms with van der Waals surface area (Å²) in [6.45, 7) is 0. The Balaban J connectivity index is 1.54. The fourth-order valence-electron chi connectivity index (χ4n) is 1.80. The first-order chi connectivity index (χ1) is 9.72. The molecule has 0 saturated heterocycles. The molecule has 1 amide bonds. The lowest BCUT2D eigenvalue weighted by molar-refractivity contribution is -0.113. The van der Waals surface area contributed by atoms with Crippen LogP contribution in [-0.2, 0) is 4.79 Å². The van der Waals surface area contributed by atoms with E-state index >= 15 is 0 Å². The molecule has 1 heterocycles. The molecular formula is C13H13IN4OS. The van der Waals surface area contributed by atoms with Gasteiger partial charge in [0.2, 0.25) is 5.91 Å². The number of amides is 1. The maximum absolute atomic E-state index is 11.9. The number of carbonyl (C=O) groups is 1. The van der Waals surface area contributed by atoms with E-state index in [-0.39, 0.29) is 5.91 Å². The Morgan fingerprint density at radius 3 is 2.85 bits per heavy atom. The second-order valence-electron chi connectivity index (χ2n) is 4.60. The number of thioether (sulfide) groups is 1. The molecule has 1 N–H and O–H groups in total. The van der Waals surface area contributed by atoms with E-state index in [0.717, 1.165) is 14.4 Å². The van der Waals surface area contributed by atoms with Crippen LogP contribution in [0.15, 0.2) is 35.7 Å². The van der Waals surface area contributed by atoms with Crippen molar-refractivity contribution in [3.05, 3.63) is 34.2 Å². The quantitative estimate of drug-likeness (QED) is 0.620. The molecule has 1 saturated carbocycles. The van der Waals surface area contributed by atoms with E-state index in [9.17, 15) is 4.79 Å². The smallest absolute Gasteiger partial charge is 0.234 e. The highest BCUT2D eigenvalue weighted by Gasteiger charge is 2.26. The lowest BCUT2D eigenvalue weighted by Gasteiger charge is -2.06. The molecule has 1 aliphatic carbocycles. The molecule has 5 nitrogen and oxygen atoms in total. The standard InChI is InChI=1S/C13H13IN4OS/c14-9-1-3-10(4-2-9)16-12(19)7-20-13-17-15-8-18(13)11-5-6-11/h1-4,8,11H,5-7H2,(H,16,19). The van der Waals surface area contributed by atoms with E-state index in [2.05, 4.69) is 42.7 Å². The van der Waals surface area contributed by atoms with E-state index in [1.54, 1.807) is 6.33 Å². The first kappa shape index (κ1) is 13.9. The monoisotopic (exact) mass is 400 g/mol. The SMILES string of the molecule is O=C(CSc1nncn1C1CC1)Nc1ccc(I)cc1. The number of nitrogens with zero attached hydrogens (tertiary/aromatic N) is 3. The molecule has 104 valence electrons.